The lowest BCUT2D eigenvalue weighted by molar-refractivity contribution is -0.0148. The second-order valence-corrected chi connectivity index (χ2v) is 17.4. The van der Waals surface area contributed by atoms with Crippen molar-refractivity contribution in [1.82, 2.24) is 4.90 Å². The number of hydrogen-bond donors (Lipinski definition) is 2. The van der Waals surface area contributed by atoms with Crippen molar-refractivity contribution in [2.45, 2.75) is 96.6 Å². The fraction of sp³-hybridized carbons (Fsp3) is 0.552. The van der Waals surface area contributed by atoms with Crippen LogP contribution in [-0.2, 0) is 10.8 Å². The number of rotatable bonds is 6. The molecule has 35 heavy (non-hydrogen) atoms. The van der Waals surface area contributed by atoms with E-state index in [1.54, 1.807) is 4.90 Å². The Morgan fingerprint density at radius 1 is 1.09 bits per heavy atom. The second kappa shape index (κ2) is 9.62. The van der Waals surface area contributed by atoms with E-state index < -0.39 is 19.9 Å². The Balaban J connectivity index is 2.12. The van der Waals surface area contributed by atoms with Gasteiger partial charge in [-0.15, -0.1) is 0 Å². The van der Waals surface area contributed by atoms with E-state index in [0.29, 0.717) is 12.1 Å². The summed E-state index contributed by atoms with van der Waals surface area (Å²) in [5.41, 5.74) is 7.95. The molecule has 1 saturated heterocycles. The minimum absolute atomic E-state index is 0.0117. The quantitative estimate of drug-likeness (QED) is 0.321. The minimum atomic E-state index is -2.19. The normalized spacial score (nSPS) is 22.3. The summed E-state index contributed by atoms with van der Waals surface area (Å²) in [6, 6.07) is 17.8. The van der Waals surface area contributed by atoms with Crippen LogP contribution in [0.5, 0.6) is 0 Å². The maximum absolute atomic E-state index is 13.1. The molecule has 0 radical (unpaired) electrons. The van der Waals surface area contributed by atoms with Crippen molar-refractivity contribution < 1.29 is 14.3 Å². The molecule has 6 heteroatoms. The first-order valence-corrected chi connectivity index (χ1v) is 15.6. The summed E-state index contributed by atoms with van der Waals surface area (Å²) in [6.07, 6.45) is 0.983. The first-order valence-electron chi connectivity index (χ1n) is 12.7. The van der Waals surface area contributed by atoms with Crippen LogP contribution >= 0.6 is 0 Å². The molecule has 0 unspecified atom stereocenters. The zero-order valence-corrected chi connectivity index (χ0v) is 23.8. The highest BCUT2D eigenvalue weighted by atomic mass is 28.4. The highest BCUT2D eigenvalue weighted by Crippen LogP contribution is 2.52. The molecule has 1 aliphatic rings. The molecule has 3 N–H and O–H groups in total. The van der Waals surface area contributed by atoms with Gasteiger partial charge in [-0.3, -0.25) is 4.90 Å². The van der Waals surface area contributed by atoms with E-state index in [-0.39, 0.29) is 22.6 Å². The van der Waals surface area contributed by atoms with Gasteiger partial charge in [-0.2, -0.15) is 0 Å². The van der Waals surface area contributed by atoms with Crippen LogP contribution in [0.1, 0.15) is 71.6 Å². The standard InChI is InChI=1S/C29H44N2O3Si/c1-27(2,3)29(20-21-14-16-23(30)17-15-21)19-18-24(31(29)26(32)33)25(22-12-10-9-11-13-22)34-35(7,8)28(4,5)6/h9-17,24-25H,18-20,30H2,1-8H3,(H,32,33)/t24-,25-,29+/m1/s1. The van der Waals surface area contributed by atoms with E-state index in [9.17, 15) is 9.90 Å². The van der Waals surface area contributed by atoms with Crippen molar-refractivity contribution in [3.8, 4) is 0 Å². The van der Waals surface area contributed by atoms with Crippen LogP contribution in [0.15, 0.2) is 54.6 Å². The zero-order chi connectivity index (χ0) is 26.2. The smallest absolute Gasteiger partial charge is 0.408 e. The molecule has 3 rings (SSSR count). The van der Waals surface area contributed by atoms with Crippen LogP contribution in [0.4, 0.5) is 10.5 Å². The predicted octanol–water partition coefficient (Wildman–Crippen LogP) is 7.50. The third kappa shape index (κ3) is 5.43. The Kier molecular flexibility index (Phi) is 7.50. The van der Waals surface area contributed by atoms with E-state index in [1.165, 1.54) is 0 Å². The molecule has 0 aliphatic carbocycles. The number of nitrogen functional groups attached to an aromatic ring is 1. The van der Waals surface area contributed by atoms with Crippen molar-refractivity contribution in [3.63, 3.8) is 0 Å². The summed E-state index contributed by atoms with van der Waals surface area (Å²) in [5.74, 6) is 0. The van der Waals surface area contributed by atoms with E-state index >= 15 is 0 Å². The number of likely N-dealkylation sites (tertiary alicyclic amines) is 1. The monoisotopic (exact) mass is 496 g/mol. The van der Waals surface area contributed by atoms with E-state index in [2.05, 4.69) is 66.8 Å². The predicted molar refractivity (Wildman–Crippen MR) is 147 cm³/mol. The maximum atomic E-state index is 13.1. The van der Waals surface area contributed by atoms with Crippen LogP contribution in [-0.4, -0.2) is 36.0 Å². The van der Waals surface area contributed by atoms with Gasteiger partial charge < -0.3 is 15.3 Å². The van der Waals surface area contributed by atoms with Gasteiger partial charge in [0, 0.05) is 5.69 Å². The molecule has 192 valence electrons. The average Bonchev–Trinajstić information content (AvgIpc) is 3.14. The fourth-order valence-corrected chi connectivity index (χ4v) is 6.50. The third-order valence-electron chi connectivity index (χ3n) is 8.43. The van der Waals surface area contributed by atoms with Gasteiger partial charge in [0.2, 0.25) is 0 Å². The summed E-state index contributed by atoms with van der Waals surface area (Å²) >= 11 is 0. The zero-order valence-electron chi connectivity index (χ0n) is 22.8. The molecule has 0 saturated carbocycles. The molecule has 5 nitrogen and oxygen atoms in total. The number of amides is 1. The van der Waals surface area contributed by atoms with E-state index in [4.69, 9.17) is 10.2 Å². The molecule has 2 aromatic carbocycles. The molecule has 0 bridgehead atoms. The topological polar surface area (TPSA) is 75.8 Å². The minimum Gasteiger partial charge on any atom is -0.465 e. The number of anilines is 1. The molecule has 1 aliphatic heterocycles. The molecule has 3 atom stereocenters. The molecule has 1 amide bonds. The van der Waals surface area contributed by atoms with Crippen LogP contribution < -0.4 is 5.73 Å². The molecule has 0 spiro atoms. The van der Waals surface area contributed by atoms with Crippen LogP contribution in [0.2, 0.25) is 18.1 Å². The summed E-state index contributed by atoms with van der Waals surface area (Å²) in [6.45, 7) is 17.7. The van der Waals surface area contributed by atoms with E-state index in [0.717, 1.165) is 24.0 Å². The summed E-state index contributed by atoms with van der Waals surface area (Å²) in [5, 5.41) is 10.7. The lowest BCUT2D eigenvalue weighted by Crippen LogP contribution is -2.60. The number of nitrogens with zero attached hydrogens (tertiary/aromatic N) is 1. The third-order valence-corrected chi connectivity index (χ3v) is 12.9. The van der Waals surface area contributed by atoms with Gasteiger partial charge in [0.05, 0.1) is 17.7 Å². The van der Waals surface area contributed by atoms with Crippen molar-refractivity contribution in [3.05, 3.63) is 65.7 Å². The second-order valence-electron chi connectivity index (χ2n) is 12.7. The Morgan fingerprint density at radius 2 is 1.66 bits per heavy atom. The van der Waals surface area contributed by atoms with Crippen LogP contribution in [0.3, 0.4) is 0 Å². The van der Waals surface area contributed by atoms with Gasteiger partial charge in [-0.1, -0.05) is 84.0 Å². The number of benzene rings is 2. The van der Waals surface area contributed by atoms with Gasteiger partial charge in [-0.25, -0.2) is 4.79 Å². The summed E-state index contributed by atoms with van der Waals surface area (Å²) in [4.78, 5) is 14.8. The number of nitrogens with two attached hydrogens (primary N) is 1. The molecule has 2 aromatic rings. The summed E-state index contributed by atoms with van der Waals surface area (Å²) < 4.78 is 7.04. The highest BCUT2D eigenvalue weighted by Gasteiger charge is 2.58. The number of carboxylic acid groups (broad SMARTS) is 1. The average molecular weight is 497 g/mol. The van der Waals surface area contributed by atoms with Gasteiger partial charge in [0.1, 0.15) is 0 Å². The first-order chi connectivity index (χ1) is 16.1. The van der Waals surface area contributed by atoms with Crippen LogP contribution in [0, 0.1) is 5.41 Å². The number of carbonyl (C=O) groups is 1. The number of hydrogen-bond acceptors (Lipinski definition) is 3. The van der Waals surface area contributed by atoms with Crippen LogP contribution in [0.25, 0.3) is 0 Å². The Bertz CT molecular complexity index is 1010. The Morgan fingerprint density at radius 3 is 2.14 bits per heavy atom. The lowest BCUT2D eigenvalue weighted by atomic mass is 9.68. The maximum Gasteiger partial charge on any atom is 0.408 e. The van der Waals surface area contributed by atoms with Gasteiger partial charge in [-0.05, 0) is 66.1 Å². The molecule has 0 aromatic heterocycles. The first kappa shape index (κ1) is 27.3. The fourth-order valence-electron chi connectivity index (χ4n) is 5.22. The van der Waals surface area contributed by atoms with Gasteiger partial charge in [0.15, 0.2) is 8.32 Å². The highest BCUT2D eigenvalue weighted by molar-refractivity contribution is 6.74. The van der Waals surface area contributed by atoms with Gasteiger partial charge >= 0.3 is 6.09 Å². The molecule has 1 heterocycles. The van der Waals surface area contributed by atoms with Crippen molar-refractivity contribution in [2.24, 2.45) is 5.41 Å². The molecule has 1 fully saturated rings. The summed E-state index contributed by atoms with van der Waals surface area (Å²) in [7, 11) is -2.19. The largest absolute Gasteiger partial charge is 0.465 e. The van der Waals surface area contributed by atoms with Crippen molar-refractivity contribution >= 4 is 20.1 Å². The molecular formula is C29H44N2O3Si. The molecular weight excluding hydrogens is 452 g/mol. The Hall–Kier alpha value is -2.31. The van der Waals surface area contributed by atoms with Gasteiger partial charge in [0.25, 0.3) is 0 Å². The SMILES string of the molecule is CC(C)(C)[C@@]1(Cc2ccc(N)cc2)CC[C@H]([C@H](O[Si](C)(C)C(C)(C)C)c2ccccc2)N1C(=O)O. The van der Waals surface area contributed by atoms with Crippen molar-refractivity contribution in [2.75, 3.05) is 5.73 Å². The van der Waals surface area contributed by atoms with E-state index in [1.807, 2.05) is 42.5 Å². The lowest BCUT2D eigenvalue weighted by Gasteiger charge is -2.50. The Labute approximate surface area is 212 Å². The van der Waals surface area contributed by atoms with Crippen molar-refractivity contribution in [1.29, 1.82) is 0 Å².